The third-order valence-electron chi connectivity index (χ3n) is 3.96. The van der Waals surface area contributed by atoms with Gasteiger partial charge in [-0.05, 0) is 36.8 Å². The van der Waals surface area contributed by atoms with Crippen LogP contribution in [0.5, 0.6) is 0 Å². The second-order valence-corrected chi connectivity index (χ2v) is 5.47. The molecule has 98 valence electrons. The van der Waals surface area contributed by atoms with E-state index in [1.165, 1.54) is 21.9 Å². The van der Waals surface area contributed by atoms with E-state index in [4.69, 9.17) is 7.85 Å². The van der Waals surface area contributed by atoms with Gasteiger partial charge < -0.3 is 4.57 Å². The molecular weight excluding hydrogens is 253 g/mol. The summed E-state index contributed by atoms with van der Waals surface area (Å²) in [5, 5.41) is 2.50. The van der Waals surface area contributed by atoms with Gasteiger partial charge >= 0.3 is 0 Å². The van der Waals surface area contributed by atoms with Gasteiger partial charge in [-0.2, -0.15) is 0 Å². The van der Waals surface area contributed by atoms with E-state index in [1.807, 2.05) is 12.1 Å². The van der Waals surface area contributed by atoms with Crippen molar-refractivity contribution in [2.24, 2.45) is 0 Å². The van der Waals surface area contributed by atoms with Crippen LogP contribution in [0.3, 0.4) is 0 Å². The molecule has 0 spiro atoms. The Bertz CT molecular complexity index is 892. The molecule has 21 heavy (non-hydrogen) atoms. The highest BCUT2D eigenvalue weighted by atomic mass is 15.0. The first-order chi connectivity index (χ1) is 10.2. The van der Waals surface area contributed by atoms with Crippen LogP contribution in [0.1, 0.15) is 5.56 Å². The van der Waals surface area contributed by atoms with Gasteiger partial charge in [0.1, 0.15) is 7.85 Å². The molecule has 0 aliphatic rings. The lowest BCUT2D eigenvalue weighted by atomic mass is 9.95. The summed E-state index contributed by atoms with van der Waals surface area (Å²) in [4.78, 5) is 0. The number of benzene rings is 3. The van der Waals surface area contributed by atoms with E-state index in [1.54, 1.807) is 0 Å². The lowest BCUT2D eigenvalue weighted by molar-refractivity contribution is 1.18. The minimum atomic E-state index is 0.791. The number of para-hydroxylation sites is 1. The Kier molecular flexibility index (Phi) is 2.65. The van der Waals surface area contributed by atoms with E-state index in [2.05, 4.69) is 66.1 Å². The summed E-state index contributed by atoms with van der Waals surface area (Å²) >= 11 is 0. The molecule has 0 atom stereocenters. The number of fused-ring (bicyclic) bond motifs is 3. The Morgan fingerprint density at radius 3 is 2.19 bits per heavy atom. The van der Waals surface area contributed by atoms with Gasteiger partial charge in [0, 0.05) is 16.5 Å². The van der Waals surface area contributed by atoms with Crippen molar-refractivity contribution in [3.05, 3.63) is 72.3 Å². The number of nitrogens with zero attached hydrogens (tertiary/aromatic N) is 1. The van der Waals surface area contributed by atoms with Crippen LogP contribution < -0.4 is 5.46 Å². The second-order valence-electron chi connectivity index (χ2n) is 5.47. The van der Waals surface area contributed by atoms with Crippen LogP contribution in [0.4, 0.5) is 0 Å². The molecule has 0 amide bonds. The van der Waals surface area contributed by atoms with E-state index in [9.17, 15) is 0 Å². The van der Waals surface area contributed by atoms with Gasteiger partial charge in [-0.15, -0.1) is 0 Å². The zero-order valence-corrected chi connectivity index (χ0v) is 11.9. The van der Waals surface area contributed by atoms with Crippen molar-refractivity contribution in [3.63, 3.8) is 0 Å². The normalized spacial score (nSPS) is 11.3. The molecule has 0 saturated heterocycles. The molecular formula is C19H14BN. The number of rotatable bonds is 1. The Labute approximate surface area is 125 Å². The molecule has 4 aromatic rings. The van der Waals surface area contributed by atoms with E-state index < -0.39 is 0 Å². The second kappa shape index (κ2) is 4.52. The average molecular weight is 267 g/mol. The summed E-state index contributed by atoms with van der Waals surface area (Å²) in [5.41, 5.74) is 5.59. The zero-order chi connectivity index (χ0) is 14.4. The molecule has 4 rings (SSSR count). The highest BCUT2D eigenvalue weighted by Crippen LogP contribution is 2.31. The predicted molar refractivity (Wildman–Crippen MR) is 90.9 cm³/mol. The zero-order valence-electron chi connectivity index (χ0n) is 11.9. The van der Waals surface area contributed by atoms with Gasteiger partial charge in [0.15, 0.2) is 0 Å². The summed E-state index contributed by atoms with van der Waals surface area (Å²) in [7, 11) is 6.01. The van der Waals surface area contributed by atoms with Crippen LogP contribution in [0.2, 0.25) is 0 Å². The van der Waals surface area contributed by atoms with Gasteiger partial charge in [-0.25, -0.2) is 0 Å². The minimum Gasteiger partial charge on any atom is -0.309 e. The first kappa shape index (κ1) is 12.3. The molecule has 2 radical (unpaired) electrons. The molecule has 1 aromatic heterocycles. The lowest BCUT2D eigenvalue weighted by Gasteiger charge is -2.08. The molecule has 0 unspecified atom stereocenters. The number of hydrogen-bond donors (Lipinski definition) is 0. The monoisotopic (exact) mass is 267 g/mol. The number of aryl methyl sites for hydroxylation is 1. The maximum atomic E-state index is 6.01. The molecule has 0 N–H and O–H groups in total. The summed E-state index contributed by atoms with van der Waals surface area (Å²) in [5.74, 6) is 0. The molecule has 1 nitrogen and oxygen atoms in total. The van der Waals surface area contributed by atoms with E-state index in [0.29, 0.717) is 0 Å². The average Bonchev–Trinajstić information content (AvgIpc) is 2.80. The SMILES string of the molecule is [B]c1ccc2c3ccc(C)cc3n(-c3ccccc3)c2c1. The number of aromatic nitrogens is 1. The van der Waals surface area contributed by atoms with Crippen LogP contribution in [-0.2, 0) is 0 Å². The van der Waals surface area contributed by atoms with Gasteiger partial charge in [-0.1, -0.05) is 47.9 Å². The summed E-state index contributed by atoms with van der Waals surface area (Å²) < 4.78 is 2.29. The van der Waals surface area contributed by atoms with Crippen LogP contribution in [-0.4, -0.2) is 12.4 Å². The van der Waals surface area contributed by atoms with Gasteiger partial charge in [0.2, 0.25) is 0 Å². The third-order valence-corrected chi connectivity index (χ3v) is 3.96. The van der Waals surface area contributed by atoms with Crippen molar-refractivity contribution in [2.75, 3.05) is 0 Å². The molecule has 3 aromatic carbocycles. The minimum absolute atomic E-state index is 0.791. The van der Waals surface area contributed by atoms with Gasteiger partial charge in [0.25, 0.3) is 0 Å². The highest BCUT2D eigenvalue weighted by Gasteiger charge is 2.11. The van der Waals surface area contributed by atoms with Crippen molar-refractivity contribution in [1.29, 1.82) is 0 Å². The van der Waals surface area contributed by atoms with Crippen molar-refractivity contribution in [2.45, 2.75) is 6.92 Å². The maximum absolute atomic E-state index is 6.01. The lowest BCUT2D eigenvalue weighted by Crippen LogP contribution is -2.02. The Morgan fingerprint density at radius 2 is 1.43 bits per heavy atom. The van der Waals surface area contributed by atoms with Gasteiger partial charge in [0.05, 0.1) is 11.0 Å². The molecule has 0 aliphatic heterocycles. The molecule has 1 heterocycles. The van der Waals surface area contributed by atoms with Crippen molar-refractivity contribution >= 4 is 35.1 Å². The van der Waals surface area contributed by atoms with Crippen molar-refractivity contribution < 1.29 is 0 Å². The summed E-state index contributed by atoms with van der Waals surface area (Å²) in [6, 6.07) is 23.2. The summed E-state index contributed by atoms with van der Waals surface area (Å²) in [6.45, 7) is 2.13. The molecule has 0 aliphatic carbocycles. The Hall–Kier alpha value is -2.48. The fraction of sp³-hybridized carbons (Fsp3) is 0.0526. The Morgan fingerprint density at radius 1 is 0.762 bits per heavy atom. The summed E-state index contributed by atoms with van der Waals surface area (Å²) in [6.07, 6.45) is 0. The largest absolute Gasteiger partial charge is 0.309 e. The van der Waals surface area contributed by atoms with E-state index in [-0.39, 0.29) is 0 Å². The van der Waals surface area contributed by atoms with Crippen molar-refractivity contribution in [3.8, 4) is 5.69 Å². The molecule has 0 bridgehead atoms. The first-order valence-corrected chi connectivity index (χ1v) is 7.10. The van der Waals surface area contributed by atoms with Crippen LogP contribution in [0, 0.1) is 6.92 Å². The third kappa shape index (κ3) is 1.87. The number of hydrogen-bond acceptors (Lipinski definition) is 0. The predicted octanol–water partition coefficient (Wildman–Crippen LogP) is 3.89. The van der Waals surface area contributed by atoms with Gasteiger partial charge in [-0.3, -0.25) is 0 Å². The quantitative estimate of drug-likeness (QED) is 0.461. The maximum Gasteiger partial charge on any atom is 0.113 e. The Balaban J connectivity index is 2.24. The highest BCUT2D eigenvalue weighted by molar-refractivity contribution is 6.33. The first-order valence-electron chi connectivity index (χ1n) is 7.10. The van der Waals surface area contributed by atoms with Crippen LogP contribution in [0.15, 0.2) is 66.7 Å². The fourth-order valence-electron chi connectivity index (χ4n) is 3.00. The van der Waals surface area contributed by atoms with Crippen LogP contribution >= 0.6 is 0 Å². The topological polar surface area (TPSA) is 4.93 Å². The molecule has 0 fully saturated rings. The van der Waals surface area contributed by atoms with Crippen LogP contribution in [0.25, 0.3) is 27.5 Å². The van der Waals surface area contributed by atoms with E-state index >= 15 is 0 Å². The standard InChI is InChI=1S/C19H14BN/c1-13-7-9-16-17-10-8-14(20)12-19(17)21(18(16)11-13)15-5-3-2-4-6-15/h2-12H,1H3. The fourth-order valence-corrected chi connectivity index (χ4v) is 3.00. The molecule has 2 heteroatoms. The molecule has 0 saturated carbocycles. The van der Waals surface area contributed by atoms with Crippen molar-refractivity contribution in [1.82, 2.24) is 4.57 Å². The van der Waals surface area contributed by atoms with E-state index in [0.717, 1.165) is 16.7 Å². The smallest absolute Gasteiger partial charge is 0.113 e.